The second-order valence-electron chi connectivity index (χ2n) is 7.43. The number of unbranched alkanes of at least 4 members (excludes halogenated alkanes) is 6. The molecule has 2 N–H and O–H groups in total. The largest absolute Gasteiger partial charge is 0.457 e. The average Bonchev–Trinajstić information content (AvgIpc) is 2.78. The molecule has 2 amide bonds. The van der Waals surface area contributed by atoms with Gasteiger partial charge in [-0.15, -0.1) is 0 Å². The maximum atomic E-state index is 11.9. The number of carbonyl (C=O) groups excluding carboxylic acids is 2. The van der Waals surface area contributed by atoms with Crippen LogP contribution < -0.4 is 15.5 Å². The smallest absolute Gasteiger partial charge is 0.259 e. The Morgan fingerprint density at radius 2 is 1.58 bits per heavy atom. The van der Waals surface area contributed by atoms with Crippen LogP contribution in [0.5, 0.6) is 11.5 Å². The third-order valence-electron chi connectivity index (χ3n) is 4.69. The molecule has 166 valence electrons. The van der Waals surface area contributed by atoms with Gasteiger partial charge in [0.1, 0.15) is 11.5 Å². The number of hydrazone groups is 1. The summed E-state index contributed by atoms with van der Waals surface area (Å²) in [6, 6.07) is 16.9. The molecule has 0 spiro atoms. The number of hydrogen-bond acceptors (Lipinski definition) is 4. The molecule has 0 radical (unpaired) electrons. The van der Waals surface area contributed by atoms with Gasteiger partial charge in [-0.05, 0) is 36.2 Å². The molecular formula is C25H33N3O3. The third kappa shape index (κ3) is 11.0. The molecule has 0 atom stereocenters. The molecule has 2 aromatic rings. The summed E-state index contributed by atoms with van der Waals surface area (Å²) in [7, 11) is 0. The molecule has 2 rings (SSSR count). The van der Waals surface area contributed by atoms with Crippen LogP contribution in [0.2, 0.25) is 0 Å². The summed E-state index contributed by atoms with van der Waals surface area (Å²) in [6.07, 6.45) is 10.1. The predicted molar refractivity (Wildman–Crippen MR) is 124 cm³/mol. The molecule has 0 aliphatic heterocycles. The summed E-state index contributed by atoms with van der Waals surface area (Å²) in [5.41, 5.74) is 3.22. The zero-order chi connectivity index (χ0) is 22.2. The van der Waals surface area contributed by atoms with Crippen LogP contribution in [0.3, 0.4) is 0 Å². The number of amides is 2. The number of para-hydroxylation sites is 1. The van der Waals surface area contributed by atoms with E-state index in [9.17, 15) is 9.59 Å². The van der Waals surface area contributed by atoms with E-state index in [1.165, 1.54) is 38.3 Å². The van der Waals surface area contributed by atoms with Gasteiger partial charge in [0, 0.05) is 6.42 Å². The van der Waals surface area contributed by atoms with Gasteiger partial charge in [-0.3, -0.25) is 9.59 Å². The third-order valence-corrected chi connectivity index (χ3v) is 4.69. The fraction of sp³-hybridized carbons (Fsp3) is 0.400. The van der Waals surface area contributed by atoms with Crippen LogP contribution in [0.4, 0.5) is 0 Å². The summed E-state index contributed by atoms with van der Waals surface area (Å²) in [4.78, 5) is 23.7. The Morgan fingerprint density at radius 1 is 0.871 bits per heavy atom. The van der Waals surface area contributed by atoms with E-state index in [4.69, 9.17) is 4.74 Å². The Hall–Kier alpha value is -3.15. The molecule has 6 heteroatoms. The summed E-state index contributed by atoms with van der Waals surface area (Å²) in [5.74, 6) is 0.968. The van der Waals surface area contributed by atoms with Gasteiger partial charge >= 0.3 is 0 Å². The Labute approximate surface area is 185 Å². The fourth-order valence-electron chi connectivity index (χ4n) is 3.01. The molecule has 0 bridgehead atoms. The highest BCUT2D eigenvalue weighted by atomic mass is 16.5. The summed E-state index contributed by atoms with van der Waals surface area (Å²) < 4.78 is 5.78. The SMILES string of the molecule is CCCCCCCCCC(=O)NCC(=O)NN=Cc1cccc(Oc2ccccc2)c1. The maximum Gasteiger partial charge on any atom is 0.259 e. The number of nitrogens with one attached hydrogen (secondary N) is 2. The van der Waals surface area contributed by atoms with Crippen LogP contribution in [0, 0.1) is 0 Å². The normalized spacial score (nSPS) is 10.7. The Kier molecular flexibility index (Phi) is 11.5. The zero-order valence-corrected chi connectivity index (χ0v) is 18.3. The molecule has 0 saturated carbocycles. The van der Waals surface area contributed by atoms with E-state index in [-0.39, 0.29) is 18.4 Å². The van der Waals surface area contributed by atoms with Gasteiger partial charge in [0.05, 0.1) is 12.8 Å². The van der Waals surface area contributed by atoms with Crippen LogP contribution in [0.25, 0.3) is 0 Å². The maximum absolute atomic E-state index is 11.9. The standard InChI is InChI=1S/C25H33N3O3/c1-2-3-4-5-6-7-11-17-24(29)26-20-25(30)28-27-19-21-13-12-16-23(18-21)31-22-14-9-8-10-15-22/h8-10,12-16,18-19H,2-7,11,17,20H2,1H3,(H,26,29)(H,28,30). The molecule has 0 heterocycles. The van der Waals surface area contributed by atoms with Crippen molar-refractivity contribution >= 4 is 18.0 Å². The molecule has 0 fully saturated rings. The highest BCUT2D eigenvalue weighted by molar-refractivity contribution is 5.86. The van der Waals surface area contributed by atoms with Crippen LogP contribution in [0.1, 0.15) is 63.9 Å². The van der Waals surface area contributed by atoms with Crippen molar-refractivity contribution in [1.29, 1.82) is 0 Å². The van der Waals surface area contributed by atoms with E-state index in [0.29, 0.717) is 12.2 Å². The molecule has 6 nitrogen and oxygen atoms in total. The van der Waals surface area contributed by atoms with Crippen molar-refractivity contribution in [2.24, 2.45) is 5.10 Å². The number of rotatable bonds is 14. The lowest BCUT2D eigenvalue weighted by Gasteiger charge is -2.06. The Bertz CT molecular complexity index is 822. The van der Waals surface area contributed by atoms with Crippen molar-refractivity contribution in [3.8, 4) is 11.5 Å². The molecular weight excluding hydrogens is 390 g/mol. The first-order chi connectivity index (χ1) is 15.2. The van der Waals surface area contributed by atoms with Crippen molar-refractivity contribution in [2.45, 2.75) is 58.3 Å². The summed E-state index contributed by atoms with van der Waals surface area (Å²) >= 11 is 0. The van der Waals surface area contributed by atoms with Crippen LogP contribution >= 0.6 is 0 Å². The van der Waals surface area contributed by atoms with E-state index >= 15 is 0 Å². The van der Waals surface area contributed by atoms with Gasteiger partial charge in [-0.1, -0.05) is 75.8 Å². The second-order valence-corrected chi connectivity index (χ2v) is 7.43. The fourth-order valence-corrected chi connectivity index (χ4v) is 3.01. The summed E-state index contributed by atoms with van der Waals surface area (Å²) in [6.45, 7) is 2.12. The molecule has 31 heavy (non-hydrogen) atoms. The lowest BCUT2D eigenvalue weighted by Crippen LogP contribution is -2.34. The second kappa shape index (κ2) is 14.8. The van der Waals surface area contributed by atoms with Gasteiger partial charge in [0.2, 0.25) is 5.91 Å². The van der Waals surface area contributed by atoms with Gasteiger partial charge in [-0.25, -0.2) is 5.43 Å². The number of ether oxygens (including phenoxy) is 1. The van der Waals surface area contributed by atoms with E-state index in [1.807, 2.05) is 54.6 Å². The van der Waals surface area contributed by atoms with Crippen molar-refractivity contribution in [3.05, 3.63) is 60.2 Å². The van der Waals surface area contributed by atoms with Crippen LogP contribution in [-0.4, -0.2) is 24.6 Å². The molecule has 0 aliphatic carbocycles. The lowest BCUT2D eigenvalue weighted by atomic mass is 10.1. The summed E-state index contributed by atoms with van der Waals surface area (Å²) in [5, 5.41) is 6.58. The van der Waals surface area contributed by atoms with Gasteiger partial charge in [-0.2, -0.15) is 5.10 Å². The van der Waals surface area contributed by atoms with Gasteiger partial charge in [0.15, 0.2) is 0 Å². The highest BCUT2D eigenvalue weighted by Crippen LogP contribution is 2.21. The topological polar surface area (TPSA) is 79.8 Å². The zero-order valence-electron chi connectivity index (χ0n) is 18.3. The van der Waals surface area contributed by atoms with Crippen LogP contribution in [0.15, 0.2) is 59.7 Å². The van der Waals surface area contributed by atoms with E-state index in [0.717, 1.165) is 24.2 Å². The Morgan fingerprint density at radius 3 is 2.35 bits per heavy atom. The van der Waals surface area contributed by atoms with Crippen molar-refractivity contribution in [2.75, 3.05) is 6.54 Å². The minimum atomic E-state index is -0.360. The predicted octanol–water partition coefficient (Wildman–Crippen LogP) is 5.19. The first-order valence-corrected chi connectivity index (χ1v) is 11.1. The van der Waals surface area contributed by atoms with Crippen molar-refractivity contribution in [3.63, 3.8) is 0 Å². The molecule has 0 unspecified atom stereocenters. The lowest BCUT2D eigenvalue weighted by molar-refractivity contribution is -0.126. The number of nitrogens with zero attached hydrogens (tertiary/aromatic N) is 1. The van der Waals surface area contributed by atoms with Crippen molar-refractivity contribution < 1.29 is 14.3 Å². The molecule has 2 aromatic carbocycles. The minimum Gasteiger partial charge on any atom is -0.457 e. The Balaban J connectivity index is 1.62. The number of benzene rings is 2. The number of hydrogen-bond donors (Lipinski definition) is 2. The molecule has 0 aliphatic rings. The quantitative estimate of drug-likeness (QED) is 0.249. The van der Waals surface area contributed by atoms with E-state index in [1.54, 1.807) is 0 Å². The van der Waals surface area contributed by atoms with Gasteiger partial charge in [0.25, 0.3) is 5.91 Å². The van der Waals surface area contributed by atoms with Crippen molar-refractivity contribution in [1.82, 2.24) is 10.7 Å². The van der Waals surface area contributed by atoms with Crippen LogP contribution in [-0.2, 0) is 9.59 Å². The van der Waals surface area contributed by atoms with E-state index in [2.05, 4.69) is 22.8 Å². The molecule has 0 saturated heterocycles. The first kappa shape index (κ1) is 24.1. The first-order valence-electron chi connectivity index (χ1n) is 11.1. The van der Waals surface area contributed by atoms with E-state index < -0.39 is 0 Å². The molecule has 0 aromatic heterocycles. The average molecular weight is 424 g/mol. The minimum absolute atomic E-state index is 0.0795. The number of carbonyl (C=O) groups is 2. The van der Waals surface area contributed by atoms with Gasteiger partial charge < -0.3 is 10.1 Å². The monoisotopic (exact) mass is 423 g/mol. The highest BCUT2D eigenvalue weighted by Gasteiger charge is 2.05.